The third-order valence-electron chi connectivity index (χ3n) is 3.86. The first-order valence-electron chi connectivity index (χ1n) is 7.56. The molecule has 1 aliphatic heterocycles. The Labute approximate surface area is 129 Å². The van der Waals surface area contributed by atoms with Crippen LogP contribution in [0.1, 0.15) is 31.7 Å². The van der Waals surface area contributed by atoms with Gasteiger partial charge < -0.3 is 5.32 Å². The summed E-state index contributed by atoms with van der Waals surface area (Å²) in [5.74, 6) is 0.602. The Morgan fingerprint density at radius 3 is 3.10 bits per heavy atom. The number of rotatable bonds is 6. The average Bonchev–Trinajstić information content (AvgIpc) is 2.44. The van der Waals surface area contributed by atoms with Gasteiger partial charge in [0.05, 0.1) is 0 Å². The zero-order chi connectivity index (χ0) is 14.4. The third kappa shape index (κ3) is 4.83. The minimum atomic E-state index is -0.0977. The summed E-state index contributed by atoms with van der Waals surface area (Å²) in [5, 5.41) is 3.50. The van der Waals surface area contributed by atoms with Gasteiger partial charge in [-0.1, -0.05) is 22.9 Å². The Bertz CT molecular complexity index is 425. The van der Waals surface area contributed by atoms with E-state index in [0.717, 1.165) is 42.8 Å². The van der Waals surface area contributed by atoms with Crippen LogP contribution in [0.5, 0.6) is 0 Å². The third-order valence-corrected chi connectivity index (χ3v) is 4.36. The fourth-order valence-corrected chi connectivity index (χ4v) is 3.26. The van der Waals surface area contributed by atoms with Crippen molar-refractivity contribution in [2.75, 3.05) is 26.2 Å². The molecule has 0 bridgehead atoms. The Balaban J connectivity index is 1.87. The highest BCUT2D eigenvalue weighted by Gasteiger charge is 2.20. The molecule has 0 spiro atoms. The minimum absolute atomic E-state index is 0.0977. The highest BCUT2D eigenvalue weighted by atomic mass is 79.9. The quantitative estimate of drug-likeness (QED) is 0.791. The molecule has 1 aromatic carbocycles. The normalized spacial score (nSPS) is 20.2. The van der Waals surface area contributed by atoms with Crippen molar-refractivity contribution in [2.45, 2.75) is 32.7 Å². The number of likely N-dealkylation sites (tertiary alicyclic amines) is 1. The van der Waals surface area contributed by atoms with Crippen molar-refractivity contribution in [3.63, 3.8) is 0 Å². The molecule has 1 unspecified atom stereocenters. The van der Waals surface area contributed by atoms with E-state index in [0.29, 0.717) is 5.92 Å². The average molecular weight is 343 g/mol. The Morgan fingerprint density at radius 1 is 1.45 bits per heavy atom. The minimum Gasteiger partial charge on any atom is -0.316 e. The second kappa shape index (κ2) is 8.11. The molecule has 0 saturated carbocycles. The standard InChI is InChI=1S/C16H24BrFN2/c1-2-7-19-10-13-4-3-8-20(11-13)12-14-9-15(17)5-6-16(14)18/h5-6,9,13,19H,2-4,7-8,10-12H2,1H3. The number of piperidine rings is 1. The summed E-state index contributed by atoms with van der Waals surface area (Å²) < 4.78 is 14.8. The number of benzene rings is 1. The monoisotopic (exact) mass is 342 g/mol. The van der Waals surface area contributed by atoms with E-state index in [1.165, 1.54) is 19.3 Å². The summed E-state index contributed by atoms with van der Waals surface area (Å²) in [4.78, 5) is 2.38. The summed E-state index contributed by atoms with van der Waals surface area (Å²) in [5.41, 5.74) is 0.793. The fraction of sp³-hybridized carbons (Fsp3) is 0.625. The molecule has 1 aliphatic rings. The van der Waals surface area contributed by atoms with Crippen LogP contribution in [0.4, 0.5) is 4.39 Å². The lowest BCUT2D eigenvalue weighted by Crippen LogP contribution is -2.39. The van der Waals surface area contributed by atoms with Crippen LogP contribution >= 0.6 is 15.9 Å². The largest absolute Gasteiger partial charge is 0.316 e. The second-order valence-electron chi connectivity index (χ2n) is 5.68. The zero-order valence-corrected chi connectivity index (χ0v) is 13.8. The molecule has 2 rings (SSSR count). The van der Waals surface area contributed by atoms with Crippen LogP contribution < -0.4 is 5.32 Å². The van der Waals surface area contributed by atoms with E-state index in [9.17, 15) is 4.39 Å². The number of halogens is 2. The van der Waals surface area contributed by atoms with Crippen LogP contribution in [0.15, 0.2) is 22.7 Å². The van der Waals surface area contributed by atoms with E-state index in [-0.39, 0.29) is 5.82 Å². The first kappa shape index (κ1) is 15.9. The van der Waals surface area contributed by atoms with Gasteiger partial charge in [0.2, 0.25) is 0 Å². The lowest BCUT2D eigenvalue weighted by molar-refractivity contribution is 0.164. The molecule has 4 heteroatoms. The molecule has 0 aliphatic carbocycles. The summed E-state index contributed by atoms with van der Waals surface area (Å²) in [6, 6.07) is 5.20. The Kier molecular flexibility index (Phi) is 6.46. The summed E-state index contributed by atoms with van der Waals surface area (Å²) >= 11 is 3.42. The number of hydrogen-bond donors (Lipinski definition) is 1. The summed E-state index contributed by atoms with van der Waals surface area (Å²) in [6.07, 6.45) is 3.68. The summed E-state index contributed by atoms with van der Waals surface area (Å²) in [6.45, 7) is 7.24. The van der Waals surface area contributed by atoms with Crippen LogP contribution in [0.3, 0.4) is 0 Å². The van der Waals surface area contributed by atoms with Crippen LogP contribution in [0.2, 0.25) is 0 Å². The lowest BCUT2D eigenvalue weighted by Gasteiger charge is -2.33. The molecule has 1 heterocycles. The van der Waals surface area contributed by atoms with E-state index in [2.05, 4.69) is 33.1 Å². The topological polar surface area (TPSA) is 15.3 Å². The maximum atomic E-state index is 13.8. The van der Waals surface area contributed by atoms with Gasteiger partial charge in [-0.05, 0) is 63.0 Å². The Morgan fingerprint density at radius 2 is 2.30 bits per heavy atom. The van der Waals surface area contributed by atoms with Gasteiger partial charge >= 0.3 is 0 Å². The van der Waals surface area contributed by atoms with Gasteiger partial charge in [0.15, 0.2) is 0 Å². The molecular weight excluding hydrogens is 319 g/mol. The van der Waals surface area contributed by atoms with E-state index in [4.69, 9.17) is 0 Å². The van der Waals surface area contributed by atoms with E-state index < -0.39 is 0 Å². The highest BCUT2D eigenvalue weighted by molar-refractivity contribution is 9.10. The number of nitrogens with zero attached hydrogens (tertiary/aromatic N) is 1. The van der Waals surface area contributed by atoms with E-state index in [1.54, 1.807) is 12.1 Å². The number of nitrogens with one attached hydrogen (secondary N) is 1. The maximum Gasteiger partial charge on any atom is 0.127 e. The van der Waals surface area contributed by atoms with Gasteiger partial charge in [-0.25, -0.2) is 4.39 Å². The molecular formula is C16H24BrFN2. The number of hydrogen-bond acceptors (Lipinski definition) is 2. The van der Waals surface area contributed by atoms with Crippen LogP contribution in [0.25, 0.3) is 0 Å². The van der Waals surface area contributed by atoms with Crippen molar-refractivity contribution in [2.24, 2.45) is 5.92 Å². The molecule has 0 radical (unpaired) electrons. The first-order chi connectivity index (χ1) is 9.69. The molecule has 1 fully saturated rings. The SMILES string of the molecule is CCCNCC1CCCN(Cc2cc(Br)ccc2F)C1. The predicted molar refractivity (Wildman–Crippen MR) is 85.3 cm³/mol. The van der Waals surface area contributed by atoms with Crippen molar-refractivity contribution >= 4 is 15.9 Å². The summed E-state index contributed by atoms with van der Waals surface area (Å²) in [7, 11) is 0. The van der Waals surface area contributed by atoms with Crippen molar-refractivity contribution in [1.29, 1.82) is 0 Å². The van der Waals surface area contributed by atoms with Crippen molar-refractivity contribution < 1.29 is 4.39 Å². The molecule has 0 amide bonds. The lowest BCUT2D eigenvalue weighted by atomic mass is 9.97. The van der Waals surface area contributed by atoms with Gasteiger partial charge in [0, 0.05) is 23.1 Å². The second-order valence-corrected chi connectivity index (χ2v) is 6.60. The fourth-order valence-electron chi connectivity index (χ4n) is 2.85. The van der Waals surface area contributed by atoms with Gasteiger partial charge in [-0.2, -0.15) is 0 Å². The zero-order valence-electron chi connectivity index (χ0n) is 12.2. The van der Waals surface area contributed by atoms with Crippen molar-refractivity contribution in [3.05, 3.63) is 34.1 Å². The van der Waals surface area contributed by atoms with E-state index in [1.807, 2.05) is 6.07 Å². The predicted octanol–water partition coefficient (Wildman–Crippen LogP) is 3.80. The van der Waals surface area contributed by atoms with Gasteiger partial charge in [-0.3, -0.25) is 4.90 Å². The molecule has 20 heavy (non-hydrogen) atoms. The van der Waals surface area contributed by atoms with Gasteiger partial charge in [0.25, 0.3) is 0 Å². The van der Waals surface area contributed by atoms with Crippen LogP contribution in [-0.2, 0) is 6.54 Å². The van der Waals surface area contributed by atoms with Gasteiger partial charge in [0.1, 0.15) is 5.82 Å². The molecule has 1 saturated heterocycles. The molecule has 1 atom stereocenters. The van der Waals surface area contributed by atoms with Gasteiger partial charge in [-0.15, -0.1) is 0 Å². The first-order valence-corrected chi connectivity index (χ1v) is 8.35. The van der Waals surface area contributed by atoms with Crippen LogP contribution in [-0.4, -0.2) is 31.1 Å². The Hall–Kier alpha value is -0.450. The van der Waals surface area contributed by atoms with E-state index >= 15 is 0 Å². The molecule has 2 nitrogen and oxygen atoms in total. The smallest absolute Gasteiger partial charge is 0.127 e. The molecule has 112 valence electrons. The molecule has 1 aromatic rings. The molecule has 1 N–H and O–H groups in total. The van der Waals surface area contributed by atoms with Crippen molar-refractivity contribution in [3.8, 4) is 0 Å². The van der Waals surface area contributed by atoms with Crippen LogP contribution in [0, 0.1) is 11.7 Å². The molecule has 0 aromatic heterocycles. The highest BCUT2D eigenvalue weighted by Crippen LogP contribution is 2.21. The maximum absolute atomic E-state index is 13.8. The van der Waals surface area contributed by atoms with Crippen molar-refractivity contribution in [1.82, 2.24) is 10.2 Å².